The predicted octanol–water partition coefficient (Wildman–Crippen LogP) is 3.09. The van der Waals surface area contributed by atoms with Crippen LogP contribution in [0.2, 0.25) is 0 Å². The quantitative estimate of drug-likeness (QED) is 0.777. The van der Waals surface area contributed by atoms with Crippen LogP contribution in [0.1, 0.15) is 25.8 Å². The highest BCUT2D eigenvalue weighted by molar-refractivity contribution is 7.09. The average molecular weight is 374 g/mol. The van der Waals surface area contributed by atoms with Gasteiger partial charge in [-0.05, 0) is 39.0 Å². The Hall–Kier alpha value is -2.25. The van der Waals surface area contributed by atoms with Gasteiger partial charge < -0.3 is 9.47 Å². The van der Waals surface area contributed by atoms with Gasteiger partial charge >= 0.3 is 0 Å². The van der Waals surface area contributed by atoms with E-state index < -0.39 is 12.1 Å². The fraction of sp³-hybridized carbons (Fsp3) is 0.421. The van der Waals surface area contributed by atoms with Gasteiger partial charge in [0.2, 0.25) is 0 Å². The molecule has 0 saturated heterocycles. The highest BCUT2D eigenvalue weighted by Crippen LogP contribution is 2.38. The minimum atomic E-state index is -0.616. The maximum absolute atomic E-state index is 12.6. The van der Waals surface area contributed by atoms with Crippen LogP contribution >= 0.6 is 11.3 Å². The molecule has 1 aliphatic rings. The Kier molecular flexibility index (Phi) is 5.38. The number of benzene rings is 1. The Morgan fingerprint density at radius 3 is 2.92 bits per heavy atom. The Bertz CT molecular complexity index is 833. The second-order valence-corrected chi connectivity index (χ2v) is 7.25. The van der Waals surface area contributed by atoms with Gasteiger partial charge in [-0.3, -0.25) is 14.5 Å². The SMILES string of the molecule is COCCc1nc(-c2ccc3c(c2)N(C(C)C(C)=O)C(=O)C(C)O3)cs1. The molecule has 0 radical (unpaired) electrons. The molecule has 0 saturated carbocycles. The molecule has 2 atom stereocenters. The van der Waals surface area contributed by atoms with Crippen molar-refractivity contribution in [1.82, 2.24) is 4.98 Å². The topological polar surface area (TPSA) is 68.7 Å². The van der Waals surface area contributed by atoms with Crippen LogP contribution in [-0.2, 0) is 20.7 Å². The van der Waals surface area contributed by atoms with Crippen molar-refractivity contribution >= 4 is 28.7 Å². The van der Waals surface area contributed by atoms with E-state index in [0.717, 1.165) is 22.7 Å². The van der Waals surface area contributed by atoms with Crippen LogP contribution in [0.15, 0.2) is 23.6 Å². The molecule has 0 aliphatic carbocycles. The number of thiazole rings is 1. The van der Waals surface area contributed by atoms with Crippen molar-refractivity contribution < 1.29 is 19.1 Å². The van der Waals surface area contributed by atoms with E-state index in [9.17, 15) is 9.59 Å². The van der Waals surface area contributed by atoms with Crippen LogP contribution in [0.5, 0.6) is 5.75 Å². The first kappa shape index (κ1) is 18.5. The summed E-state index contributed by atoms with van der Waals surface area (Å²) < 4.78 is 10.8. The van der Waals surface area contributed by atoms with Crippen molar-refractivity contribution in [3.63, 3.8) is 0 Å². The summed E-state index contributed by atoms with van der Waals surface area (Å²) in [5, 5.41) is 2.98. The van der Waals surface area contributed by atoms with Crippen molar-refractivity contribution in [1.29, 1.82) is 0 Å². The van der Waals surface area contributed by atoms with Gasteiger partial charge in [0.25, 0.3) is 5.91 Å². The molecule has 2 unspecified atom stereocenters. The van der Waals surface area contributed by atoms with Crippen LogP contribution in [0, 0.1) is 0 Å². The van der Waals surface area contributed by atoms with E-state index in [1.54, 1.807) is 32.3 Å². The zero-order valence-electron chi connectivity index (χ0n) is 15.3. The number of methoxy groups -OCH3 is 1. The Labute approximate surface area is 156 Å². The second kappa shape index (κ2) is 7.55. The summed E-state index contributed by atoms with van der Waals surface area (Å²) in [4.78, 5) is 30.7. The summed E-state index contributed by atoms with van der Waals surface area (Å²) in [6, 6.07) is 5.08. The summed E-state index contributed by atoms with van der Waals surface area (Å²) in [7, 11) is 1.67. The van der Waals surface area contributed by atoms with Crippen molar-refractivity contribution in [2.75, 3.05) is 18.6 Å². The van der Waals surface area contributed by atoms with E-state index in [4.69, 9.17) is 9.47 Å². The van der Waals surface area contributed by atoms with Gasteiger partial charge in [-0.25, -0.2) is 4.98 Å². The van der Waals surface area contributed by atoms with Crippen LogP contribution < -0.4 is 9.64 Å². The number of ketones is 1. The lowest BCUT2D eigenvalue weighted by atomic mass is 10.1. The third kappa shape index (κ3) is 3.50. The Balaban J connectivity index is 1.99. The van der Waals surface area contributed by atoms with Crippen LogP contribution in [0.3, 0.4) is 0 Å². The number of anilines is 1. The van der Waals surface area contributed by atoms with Crippen molar-refractivity contribution in [2.24, 2.45) is 0 Å². The number of carbonyl (C=O) groups is 2. The second-order valence-electron chi connectivity index (χ2n) is 6.31. The lowest BCUT2D eigenvalue weighted by Crippen LogP contribution is -2.51. The molecule has 0 bridgehead atoms. The number of aromatic nitrogens is 1. The number of hydrogen-bond donors (Lipinski definition) is 0. The fourth-order valence-electron chi connectivity index (χ4n) is 2.85. The predicted molar refractivity (Wildman–Crippen MR) is 101 cm³/mol. The molecule has 0 fully saturated rings. The molecule has 26 heavy (non-hydrogen) atoms. The molecule has 0 spiro atoms. The van der Waals surface area contributed by atoms with Crippen molar-refractivity contribution in [3.8, 4) is 17.0 Å². The minimum Gasteiger partial charge on any atom is -0.479 e. The van der Waals surface area contributed by atoms with E-state index in [0.29, 0.717) is 18.0 Å². The van der Waals surface area contributed by atoms with Gasteiger partial charge in [-0.15, -0.1) is 11.3 Å². The number of fused-ring (bicyclic) bond motifs is 1. The Morgan fingerprint density at radius 2 is 2.23 bits per heavy atom. The summed E-state index contributed by atoms with van der Waals surface area (Å²) in [6.45, 7) is 5.55. The molecule has 3 rings (SSSR count). The van der Waals surface area contributed by atoms with Crippen molar-refractivity contribution in [3.05, 3.63) is 28.6 Å². The number of amides is 1. The number of rotatable bonds is 6. The van der Waals surface area contributed by atoms with Crippen LogP contribution in [-0.4, -0.2) is 42.5 Å². The molecule has 0 N–H and O–H groups in total. The normalized spacial score (nSPS) is 17.6. The molecule has 1 aromatic carbocycles. The maximum atomic E-state index is 12.6. The zero-order valence-corrected chi connectivity index (χ0v) is 16.1. The standard InChI is InChI=1S/C19H22N2O4S/c1-11(12(2)22)21-16-9-14(5-6-17(16)25-13(3)19(21)23)15-10-26-18(20-15)7-8-24-4/h5-6,9-11,13H,7-8H2,1-4H3. The number of nitrogens with zero attached hydrogens (tertiary/aromatic N) is 2. The minimum absolute atomic E-state index is 0.0701. The van der Waals surface area contributed by atoms with Crippen LogP contribution in [0.25, 0.3) is 11.3 Å². The summed E-state index contributed by atoms with van der Waals surface area (Å²) in [6.07, 6.45) is 0.147. The lowest BCUT2D eigenvalue weighted by molar-refractivity contribution is -0.128. The maximum Gasteiger partial charge on any atom is 0.268 e. The van der Waals surface area contributed by atoms with Gasteiger partial charge in [0.1, 0.15) is 5.75 Å². The number of Topliss-reactive ketones (excluding diaryl/α,β-unsaturated/α-hetero) is 1. The number of hydrogen-bond acceptors (Lipinski definition) is 6. The third-order valence-electron chi connectivity index (χ3n) is 4.45. The highest BCUT2D eigenvalue weighted by atomic mass is 32.1. The largest absolute Gasteiger partial charge is 0.479 e. The van der Waals surface area contributed by atoms with E-state index in [1.807, 2.05) is 23.6 Å². The van der Waals surface area contributed by atoms with Gasteiger partial charge in [0.05, 0.1) is 29.0 Å². The first-order valence-electron chi connectivity index (χ1n) is 8.50. The van der Waals surface area contributed by atoms with Gasteiger partial charge in [-0.1, -0.05) is 0 Å². The van der Waals surface area contributed by atoms with Gasteiger partial charge in [0, 0.05) is 24.5 Å². The van der Waals surface area contributed by atoms with Crippen LogP contribution in [0.4, 0.5) is 5.69 Å². The molecule has 138 valence electrons. The first-order valence-corrected chi connectivity index (χ1v) is 9.38. The lowest BCUT2D eigenvalue weighted by Gasteiger charge is -2.36. The highest BCUT2D eigenvalue weighted by Gasteiger charge is 2.36. The molecule has 1 aromatic heterocycles. The number of carbonyl (C=O) groups excluding carboxylic acids is 2. The van der Waals surface area contributed by atoms with E-state index >= 15 is 0 Å². The summed E-state index contributed by atoms with van der Waals surface area (Å²) >= 11 is 1.58. The molecule has 7 heteroatoms. The molecule has 1 aliphatic heterocycles. The molecule has 2 heterocycles. The van der Waals surface area contributed by atoms with Gasteiger partial charge in [0.15, 0.2) is 11.9 Å². The fourth-order valence-corrected chi connectivity index (χ4v) is 3.64. The third-order valence-corrected chi connectivity index (χ3v) is 5.36. The van der Waals surface area contributed by atoms with Gasteiger partial charge in [-0.2, -0.15) is 0 Å². The average Bonchev–Trinajstić information content (AvgIpc) is 3.09. The van der Waals surface area contributed by atoms with Crippen molar-refractivity contribution in [2.45, 2.75) is 39.3 Å². The van der Waals surface area contributed by atoms with E-state index in [-0.39, 0.29) is 11.7 Å². The molecule has 2 aromatic rings. The molecule has 1 amide bonds. The summed E-state index contributed by atoms with van der Waals surface area (Å²) in [5.41, 5.74) is 2.33. The molecule has 6 nitrogen and oxygen atoms in total. The first-order chi connectivity index (χ1) is 12.4. The zero-order chi connectivity index (χ0) is 18.8. The van der Waals surface area contributed by atoms with E-state index in [1.165, 1.54) is 11.8 Å². The smallest absolute Gasteiger partial charge is 0.268 e. The van der Waals surface area contributed by atoms with E-state index in [2.05, 4.69) is 4.98 Å². The monoisotopic (exact) mass is 374 g/mol. The molecular weight excluding hydrogens is 352 g/mol. The number of ether oxygens (including phenoxy) is 2. The Morgan fingerprint density at radius 1 is 1.46 bits per heavy atom. The summed E-state index contributed by atoms with van der Waals surface area (Å²) in [5.74, 6) is 0.319. The molecular formula is C19H22N2O4S.